The fraction of sp³-hybridized carbons (Fsp3) is 0.882. The molecule has 4 rings (SSSR count). The van der Waals surface area contributed by atoms with Crippen molar-refractivity contribution in [2.24, 2.45) is 28.6 Å². The van der Waals surface area contributed by atoms with Gasteiger partial charge in [0, 0.05) is 5.41 Å². The smallest absolute Gasteiger partial charge is 0.225 e. The lowest BCUT2D eigenvalue weighted by Crippen LogP contribution is -2.63. The molecular weight excluding hydrogens is 266 g/mol. The van der Waals surface area contributed by atoms with Gasteiger partial charge in [-0.15, -0.1) is 0 Å². The van der Waals surface area contributed by atoms with E-state index in [0.717, 1.165) is 19.3 Å². The van der Waals surface area contributed by atoms with Crippen molar-refractivity contribution in [1.82, 2.24) is 5.32 Å². The molecule has 4 heteroatoms. The molecule has 0 aromatic carbocycles. The minimum atomic E-state index is -1.10. The van der Waals surface area contributed by atoms with Crippen LogP contribution in [0.1, 0.15) is 59.3 Å². The summed E-state index contributed by atoms with van der Waals surface area (Å²) in [5, 5.41) is 14.6. The van der Waals surface area contributed by atoms with Gasteiger partial charge < -0.3 is 15.2 Å². The molecule has 4 bridgehead atoms. The van der Waals surface area contributed by atoms with Crippen molar-refractivity contribution in [1.29, 1.82) is 0 Å². The summed E-state index contributed by atoms with van der Waals surface area (Å²) in [5.41, 5.74) is -0.829. The molecule has 118 valence electrons. The van der Waals surface area contributed by atoms with Gasteiger partial charge in [-0.3, -0.25) is 4.79 Å². The second kappa shape index (κ2) is 4.72. The predicted octanol–water partition coefficient (Wildman–Crippen LogP) is 1.48. The molecule has 4 aliphatic carbocycles. The van der Waals surface area contributed by atoms with Crippen LogP contribution in [0.15, 0.2) is 0 Å². The van der Waals surface area contributed by atoms with Crippen LogP contribution in [0.4, 0.5) is 0 Å². The molecule has 4 saturated carbocycles. The lowest BCUT2D eigenvalue weighted by atomic mass is 9.47. The van der Waals surface area contributed by atoms with Gasteiger partial charge in [-0.25, -0.2) is 0 Å². The van der Waals surface area contributed by atoms with Crippen LogP contribution >= 0.6 is 0 Å². The van der Waals surface area contributed by atoms with Gasteiger partial charge in [-0.1, -0.05) is 20.8 Å². The molecule has 0 unspecified atom stereocenters. The minimum absolute atomic E-state index is 0.188. The Kier molecular flexibility index (Phi) is 3.34. The van der Waals surface area contributed by atoms with Crippen LogP contribution in [0.2, 0.25) is 0 Å². The van der Waals surface area contributed by atoms with Crippen LogP contribution in [0, 0.1) is 28.6 Å². The Balaban J connectivity index is 1.84. The summed E-state index contributed by atoms with van der Waals surface area (Å²) in [6, 6.07) is -0.822. The van der Waals surface area contributed by atoms with E-state index in [2.05, 4.69) is 5.32 Å². The van der Waals surface area contributed by atoms with Crippen molar-refractivity contribution in [3.63, 3.8) is 0 Å². The quantitative estimate of drug-likeness (QED) is 0.856. The molecule has 0 aromatic heterocycles. The highest BCUT2D eigenvalue weighted by atomic mass is 16.4. The van der Waals surface area contributed by atoms with E-state index in [9.17, 15) is 14.7 Å². The summed E-state index contributed by atoms with van der Waals surface area (Å²) in [5.74, 6) is 0.681. The molecule has 1 amide bonds. The number of carbonyl (C=O) groups excluding carboxylic acids is 2. The Morgan fingerprint density at radius 2 is 1.48 bits per heavy atom. The zero-order valence-electron chi connectivity index (χ0n) is 13.3. The van der Waals surface area contributed by atoms with Gasteiger partial charge in [-0.2, -0.15) is 0 Å². The fourth-order valence-corrected chi connectivity index (χ4v) is 5.34. The molecule has 0 saturated heterocycles. The molecule has 1 atom stereocenters. The Hall–Kier alpha value is -1.06. The summed E-state index contributed by atoms with van der Waals surface area (Å²) in [7, 11) is 0. The first-order valence-corrected chi connectivity index (χ1v) is 8.21. The Morgan fingerprint density at radius 1 is 1.05 bits per heavy atom. The maximum Gasteiger partial charge on any atom is 0.225 e. The zero-order valence-corrected chi connectivity index (χ0v) is 13.3. The first-order valence-electron chi connectivity index (χ1n) is 8.21. The highest BCUT2D eigenvalue weighted by Gasteiger charge is 2.55. The number of aliphatic carboxylic acids is 1. The van der Waals surface area contributed by atoms with Crippen molar-refractivity contribution in [2.45, 2.75) is 65.3 Å². The van der Waals surface area contributed by atoms with Crippen LogP contribution < -0.4 is 10.4 Å². The maximum atomic E-state index is 12.3. The van der Waals surface area contributed by atoms with E-state index in [1.54, 1.807) is 0 Å². The molecule has 0 spiro atoms. The number of carbonyl (C=O) groups is 2. The van der Waals surface area contributed by atoms with Crippen molar-refractivity contribution in [3.05, 3.63) is 0 Å². The monoisotopic (exact) mass is 292 g/mol. The molecule has 21 heavy (non-hydrogen) atoms. The second-order valence-corrected chi connectivity index (χ2v) is 8.76. The molecule has 4 fully saturated rings. The van der Waals surface area contributed by atoms with E-state index in [1.807, 2.05) is 20.8 Å². The zero-order chi connectivity index (χ0) is 15.4. The Morgan fingerprint density at radius 3 is 1.81 bits per heavy atom. The topological polar surface area (TPSA) is 69.2 Å². The summed E-state index contributed by atoms with van der Waals surface area (Å²) in [6.45, 7) is 5.44. The third-order valence-electron chi connectivity index (χ3n) is 5.89. The summed E-state index contributed by atoms with van der Waals surface area (Å²) < 4.78 is 0. The lowest BCUT2D eigenvalue weighted by molar-refractivity contribution is -0.313. The van der Waals surface area contributed by atoms with E-state index in [-0.39, 0.29) is 11.3 Å². The van der Waals surface area contributed by atoms with Gasteiger partial charge >= 0.3 is 0 Å². The van der Waals surface area contributed by atoms with Crippen molar-refractivity contribution in [2.75, 3.05) is 0 Å². The van der Waals surface area contributed by atoms with Gasteiger partial charge in [0.05, 0.1) is 12.0 Å². The van der Waals surface area contributed by atoms with Crippen molar-refractivity contribution >= 4 is 11.9 Å². The molecule has 0 aliphatic heterocycles. The highest BCUT2D eigenvalue weighted by molar-refractivity contribution is 5.86. The first kappa shape index (κ1) is 14.9. The molecule has 4 aliphatic rings. The third-order valence-corrected chi connectivity index (χ3v) is 5.89. The number of nitrogens with one attached hydrogen (secondary N) is 1. The Bertz CT molecular complexity index is 428. The van der Waals surface area contributed by atoms with Gasteiger partial charge in [0.15, 0.2) is 0 Å². The van der Waals surface area contributed by atoms with Crippen LogP contribution in [0.25, 0.3) is 0 Å². The van der Waals surface area contributed by atoms with Crippen LogP contribution in [-0.4, -0.2) is 17.9 Å². The molecule has 0 aromatic rings. The average molecular weight is 292 g/mol. The van der Waals surface area contributed by atoms with Crippen molar-refractivity contribution in [3.8, 4) is 0 Å². The third kappa shape index (κ3) is 2.58. The van der Waals surface area contributed by atoms with Crippen LogP contribution in [-0.2, 0) is 9.59 Å². The number of rotatable bonds is 3. The summed E-state index contributed by atoms with van der Waals surface area (Å²) in [6.07, 6.45) is 6.61. The number of carboxylic acid groups (broad SMARTS) is 1. The molecule has 4 nitrogen and oxygen atoms in total. The first-order chi connectivity index (χ1) is 9.69. The van der Waals surface area contributed by atoms with Crippen LogP contribution in [0.3, 0.4) is 0 Å². The van der Waals surface area contributed by atoms with E-state index >= 15 is 0 Å². The van der Waals surface area contributed by atoms with E-state index in [4.69, 9.17) is 0 Å². The normalized spacial score (nSPS) is 39.1. The van der Waals surface area contributed by atoms with Gasteiger partial charge in [0.25, 0.3) is 0 Å². The highest BCUT2D eigenvalue weighted by Crippen LogP contribution is 2.61. The van der Waals surface area contributed by atoms with E-state index < -0.39 is 17.4 Å². The van der Waals surface area contributed by atoms with Gasteiger partial charge in [0.1, 0.15) is 0 Å². The maximum absolute atomic E-state index is 12.3. The SMILES string of the molecule is CC(C)(C)C(=O)N[C@H](C(=O)[O-])C12CC3CC(CC(C3)C1)C2. The molecule has 0 radical (unpaired) electrons. The molecule has 0 heterocycles. The largest absolute Gasteiger partial charge is 0.548 e. The average Bonchev–Trinajstić information content (AvgIpc) is 2.31. The second-order valence-electron chi connectivity index (χ2n) is 8.76. The van der Waals surface area contributed by atoms with Crippen LogP contribution in [0.5, 0.6) is 0 Å². The standard InChI is InChI=1S/C17H27NO3/c1-16(2,3)15(21)18-13(14(19)20)17-7-10-4-11(8-17)6-12(5-10)9-17/h10-13H,4-9H2,1-3H3,(H,18,21)(H,19,20)/p-1/t10?,11?,12?,13-,17?/m1/s1. The number of amides is 1. The summed E-state index contributed by atoms with van der Waals surface area (Å²) >= 11 is 0. The van der Waals surface area contributed by atoms with Crippen molar-refractivity contribution < 1.29 is 14.7 Å². The number of carboxylic acids is 1. The minimum Gasteiger partial charge on any atom is -0.548 e. The van der Waals surface area contributed by atoms with E-state index in [1.165, 1.54) is 19.3 Å². The van der Waals surface area contributed by atoms with Gasteiger partial charge in [0.2, 0.25) is 5.91 Å². The van der Waals surface area contributed by atoms with E-state index in [0.29, 0.717) is 17.8 Å². The summed E-state index contributed by atoms with van der Waals surface area (Å²) in [4.78, 5) is 24.0. The van der Waals surface area contributed by atoms with Gasteiger partial charge in [-0.05, 0) is 61.7 Å². The fourth-order valence-electron chi connectivity index (χ4n) is 5.34. The predicted molar refractivity (Wildman–Crippen MR) is 77.0 cm³/mol. The lowest BCUT2D eigenvalue weighted by Gasteiger charge is -2.59. The molecular formula is C17H26NO3-. The Labute approximate surface area is 126 Å². The molecule has 1 N–H and O–H groups in total. The number of hydrogen-bond acceptors (Lipinski definition) is 3. The number of hydrogen-bond donors (Lipinski definition) is 1.